The first-order chi connectivity index (χ1) is 5.66. The Morgan fingerprint density at radius 2 is 2.25 bits per heavy atom. The van der Waals surface area contributed by atoms with Crippen LogP contribution in [0.4, 0.5) is 0 Å². The number of hydrogen-bond acceptors (Lipinski definition) is 2. The van der Waals surface area contributed by atoms with E-state index in [1.807, 2.05) is 19.9 Å². The van der Waals surface area contributed by atoms with E-state index < -0.39 is 0 Å². The summed E-state index contributed by atoms with van der Waals surface area (Å²) in [6, 6.07) is 1.82. The van der Waals surface area contributed by atoms with Crippen LogP contribution in [0.25, 0.3) is 0 Å². The van der Waals surface area contributed by atoms with Gasteiger partial charge < -0.3 is 0 Å². The highest BCUT2D eigenvalue weighted by atomic mass is 35.5. The summed E-state index contributed by atoms with van der Waals surface area (Å²) in [6.45, 7) is 4.03. The fraction of sp³-hybridized carbons (Fsp3) is 0.333. The third-order valence-electron chi connectivity index (χ3n) is 1.72. The lowest BCUT2D eigenvalue weighted by atomic mass is 10.0. The normalized spacial score (nSPS) is 10.3. The van der Waals surface area contributed by atoms with Crippen LogP contribution in [0.1, 0.15) is 35.7 Å². The van der Waals surface area contributed by atoms with Gasteiger partial charge in [0, 0.05) is 6.20 Å². The van der Waals surface area contributed by atoms with Gasteiger partial charge in [0.2, 0.25) is 0 Å². The van der Waals surface area contributed by atoms with E-state index in [0.29, 0.717) is 11.5 Å². The number of pyridine rings is 1. The number of aromatic nitrogens is 1. The molecule has 0 bridgehead atoms. The van der Waals surface area contributed by atoms with Crippen LogP contribution in [0.3, 0.4) is 0 Å². The van der Waals surface area contributed by atoms with Crippen molar-refractivity contribution in [2.24, 2.45) is 0 Å². The number of aldehydes is 1. The van der Waals surface area contributed by atoms with E-state index in [9.17, 15) is 4.79 Å². The van der Waals surface area contributed by atoms with Gasteiger partial charge in [-0.25, -0.2) is 4.98 Å². The van der Waals surface area contributed by atoms with E-state index in [2.05, 4.69) is 4.98 Å². The van der Waals surface area contributed by atoms with E-state index in [1.54, 1.807) is 6.20 Å². The number of hydrogen-bond donors (Lipinski definition) is 0. The van der Waals surface area contributed by atoms with Gasteiger partial charge in [-0.1, -0.05) is 25.4 Å². The lowest BCUT2D eigenvalue weighted by molar-refractivity contribution is 0.112. The van der Waals surface area contributed by atoms with Crippen LogP contribution in [-0.2, 0) is 0 Å². The maximum atomic E-state index is 10.6. The molecule has 2 nitrogen and oxygen atoms in total. The fourth-order valence-electron chi connectivity index (χ4n) is 1.08. The molecule has 0 amide bonds. The maximum Gasteiger partial charge on any atom is 0.153 e. The molecule has 1 aromatic rings. The Morgan fingerprint density at radius 1 is 1.58 bits per heavy atom. The van der Waals surface area contributed by atoms with Crippen molar-refractivity contribution >= 4 is 17.9 Å². The Bertz CT molecular complexity index is 297. The average molecular weight is 184 g/mol. The molecule has 0 saturated heterocycles. The molecule has 0 aromatic carbocycles. The first-order valence-corrected chi connectivity index (χ1v) is 4.14. The Hall–Kier alpha value is -0.890. The molecule has 0 unspecified atom stereocenters. The highest BCUT2D eigenvalue weighted by Gasteiger charge is 2.09. The van der Waals surface area contributed by atoms with Crippen molar-refractivity contribution in [3.05, 3.63) is 28.5 Å². The predicted molar refractivity (Wildman–Crippen MR) is 48.7 cm³/mol. The molecule has 0 aliphatic carbocycles. The number of rotatable bonds is 2. The molecule has 64 valence electrons. The molecule has 0 radical (unpaired) electrons. The average Bonchev–Trinajstić information content (AvgIpc) is 2.03. The number of carbonyl (C=O) groups excluding carboxylic acids is 1. The van der Waals surface area contributed by atoms with Crippen molar-refractivity contribution < 1.29 is 4.79 Å². The molecule has 0 atom stereocenters. The van der Waals surface area contributed by atoms with Gasteiger partial charge in [0.05, 0.1) is 5.56 Å². The van der Waals surface area contributed by atoms with Gasteiger partial charge in [0.25, 0.3) is 0 Å². The Balaban J connectivity index is 3.27. The van der Waals surface area contributed by atoms with E-state index in [0.717, 1.165) is 11.8 Å². The molecule has 0 N–H and O–H groups in total. The zero-order valence-electron chi connectivity index (χ0n) is 7.04. The fourth-order valence-corrected chi connectivity index (χ4v) is 1.29. The predicted octanol–water partition coefficient (Wildman–Crippen LogP) is 2.67. The molecule has 12 heavy (non-hydrogen) atoms. The van der Waals surface area contributed by atoms with E-state index in [1.165, 1.54) is 0 Å². The largest absolute Gasteiger partial charge is 0.298 e. The summed E-state index contributed by atoms with van der Waals surface area (Å²) in [5, 5.41) is 0.288. The summed E-state index contributed by atoms with van der Waals surface area (Å²) >= 11 is 5.73. The lowest BCUT2D eigenvalue weighted by Crippen LogP contribution is -1.97. The number of carbonyl (C=O) groups is 1. The second-order valence-corrected chi connectivity index (χ2v) is 3.24. The van der Waals surface area contributed by atoms with Crippen LogP contribution in [0.2, 0.25) is 5.15 Å². The second-order valence-electron chi connectivity index (χ2n) is 2.88. The molecule has 0 fully saturated rings. The summed E-state index contributed by atoms with van der Waals surface area (Å²) in [5.74, 6) is 0.297. The molecule has 1 heterocycles. The van der Waals surface area contributed by atoms with Gasteiger partial charge in [0.15, 0.2) is 6.29 Å². The smallest absolute Gasteiger partial charge is 0.153 e. The zero-order chi connectivity index (χ0) is 9.14. The van der Waals surface area contributed by atoms with Crippen molar-refractivity contribution in [1.82, 2.24) is 4.98 Å². The van der Waals surface area contributed by atoms with E-state index >= 15 is 0 Å². The molecule has 3 heteroatoms. The van der Waals surface area contributed by atoms with Crippen LogP contribution >= 0.6 is 11.6 Å². The second kappa shape index (κ2) is 3.68. The minimum Gasteiger partial charge on any atom is -0.298 e. The minimum absolute atomic E-state index is 0.288. The third-order valence-corrected chi connectivity index (χ3v) is 2.02. The van der Waals surface area contributed by atoms with Gasteiger partial charge in [-0.3, -0.25) is 4.79 Å². The van der Waals surface area contributed by atoms with Crippen molar-refractivity contribution in [2.75, 3.05) is 0 Å². The van der Waals surface area contributed by atoms with Crippen LogP contribution in [0, 0.1) is 0 Å². The summed E-state index contributed by atoms with van der Waals surface area (Å²) in [4.78, 5) is 14.5. The van der Waals surface area contributed by atoms with Gasteiger partial charge in [-0.15, -0.1) is 0 Å². The summed E-state index contributed by atoms with van der Waals surface area (Å²) in [5.41, 5.74) is 1.46. The Kier molecular flexibility index (Phi) is 2.82. The van der Waals surface area contributed by atoms with Gasteiger partial charge in [-0.2, -0.15) is 0 Å². The zero-order valence-corrected chi connectivity index (χ0v) is 7.80. The van der Waals surface area contributed by atoms with Crippen molar-refractivity contribution in [3.8, 4) is 0 Å². The third kappa shape index (κ3) is 1.64. The van der Waals surface area contributed by atoms with E-state index in [-0.39, 0.29) is 5.15 Å². The molecule has 1 aromatic heterocycles. The number of nitrogens with zero attached hydrogens (tertiary/aromatic N) is 1. The molecule has 1 rings (SSSR count). The van der Waals surface area contributed by atoms with Gasteiger partial charge >= 0.3 is 0 Å². The first-order valence-electron chi connectivity index (χ1n) is 3.76. The topological polar surface area (TPSA) is 30.0 Å². The molecular weight excluding hydrogens is 174 g/mol. The van der Waals surface area contributed by atoms with Crippen molar-refractivity contribution in [2.45, 2.75) is 19.8 Å². The molecule has 0 saturated carbocycles. The van der Waals surface area contributed by atoms with Crippen LogP contribution in [0.5, 0.6) is 0 Å². The highest BCUT2D eigenvalue weighted by molar-refractivity contribution is 6.31. The summed E-state index contributed by atoms with van der Waals surface area (Å²) in [6.07, 6.45) is 2.37. The quantitative estimate of drug-likeness (QED) is 0.521. The molecule has 0 spiro atoms. The standard InChI is InChI=1S/C9H10ClNO/c1-6(2)7-3-4-11-9(10)8(7)5-12/h3-6H,1-2H3. The number of halogens is 1. The van der Waals surface area contributed by atoms with Gasteiger partial charge in [-0.05, 0) is 17.5 Å². The van der Waals surface area contributed by atoms with Crippen LogP contribution in [-0.4, -0.2) is 11.3 Å². The molecule has 0 aliphatic rings. The Labute approximate surface area is 76.6 Å². The summed E-state index contributed by atoms with van der Waals surface area (Å²) < 4.78 is 0. The van der Waals surface area contributed by atoms with Crippen LogP contribution in [0.15, 0.2) is 12.3 Å². The molecular formula is C9H10ClNO. The van der Waals surface area contributed by atoms with Crippen molar-refractivity contribution in [1.29, 1.82) is 0 Å². The maximum absolute atomic E-state index is 10.6. The lowest BCUT2D eigenvalue weighted by Gasteiger charge is -2.07. The first kappa shape index (κ1) is 9.20. The van der Waals surface area contributed by atoms with Crippen LogP contribution < -0.4 is 0 Å². The minimum atomic E-state index is 0.288. The highest BCUT2D eigenvalue weighted by Crippen LogP contribution is 2.22. The summed E-state index contributed by atoms with van der Waals surface area (Å²) in [7, 11) is 0. The van der Waals surface area contributed by atoms with Gasteiger partial charge in [0.1, 0.15) is 5.15 Å². The van der Waals surface area contributed by atoms with E-state index in [4.69, 9.17) is 11.6 Å². The Morgan fingerprint density at radius 3 is 2.67 bits per heavy atom. The van der Waals surface area contributed by atoms with Crippen molar-refractivity contribution in [3.63, 3.8) is 0 Å². The molecule has 0 aliphatic heterocycles. The monoisotopic (exact) mass is 183 g/mol. The SMILES string of the molecule is CC(C)c1ccnc(Cl)c1C=O.